The van der Waals surface area contributed by atoms with Gasteiger partial charge in [-0.05, 0) is 32.9 Å². The van der Waals surface area contributed by atoms with Gasteiger partial charge in [-0.25, -0.2) is 4.98 Å². The van der Waals surface area contributed by atoms with Crippen LogP contribution in [0.2, 0.25) is 0 Å². The molecule has 132 valence electrons. The van der Waals surface area contributed by atoms with Crippen LogP contribution in [0.15, 0.2) is 38.4 Å². The van der Waals surface area contributed by atoms with E-state index in [1.165, 1.54) is 11.8 Å². The molecule has 7 nitrogen and oxygen atoms in total. The number of rotatable bonds is 5. The van der Waals surface area contributed by atoms with Crippen LogP contribution in [0.5, 0.6) is 0 Å². The van der Waals surface area contributed by atoms with Gasteiger partial charge in [0.2, 0.25) is 0 Å². The monoisotopic (exact) mass is 385 g/mol. The Balaban J connectivity index is 1.44. The molecule has 0 fully saturated rings. The fourth-order valence-corrected chi connectivity index (χ4v) is 3.87. The van der Waals surface area contributed by atoms with Gasteiger partial charge in [-0.15, -0.1) is 21.5 Å². The Kier molecular flexibility index (Phi) is 4.56. The van der Waals surface area contributed by atoms with Gasteiger partial charge in [-0.1, -0.05) is 34.6 Å². The lowest BCUT2D eigenvalue weighted by atomic mass is 10.1. The van der Waals surface area contributed by atoms with Crippen LogP contribution in [-0.4, -0.2) is 25.3 Å². The van der Waals surface area contributed by atoms with Gasteiger partial charge in [-0.2, -0.15) is 4.98 Å². The molecule has 3 heterocycles. The fourth-order valence-electron chi connectivity index (χ4n) is 2.42. The first kappa shape index (κ1) is 16.9. The molecule has 26 heavy (non-hydrogen) atoms. The summed E-state index contributed by atoms with van der Waals surface area (Å²) in [4.78, 5) is 9.71. The SMILES string of the molecule is Cc1cccc(-c2nc(CSc3nnc(-c4sc(C)nc4C)o3)no2)c1. The summed E-state index contributed by atoms with van der Waals surface area (Å²) < 4.78 is 11.1. The van der Waals surface area contributed by atoms with Gasteiger partial charge in [0.25, 0.3) is 17.0 Å². The highest BCUT2D eigenvalue weighted by Gasteiger charge is 2.16. The minimum atomic E-state index is 0.465. The summed E-state index contributed by atoms with van der Waals surface area (Å²) in [6.45, 7) is 5.91. The normalized spacial score (nSPS) is 11.2. The van der Waals surface area contributed by atoms with Gasteiger partial charge in [0.05, 0.1) is 16.5 Å². The third kappa shape index (κ3) is 3.54. The van der Waals surface area contributed by atoms with Crippen molar-refractivity contribution in [2.75, 3.05) is 0 Å². The number of aryl methyl sites for hydroxylation is 3. The lowest BCUT2D eigenvalue weighted by Crippen LogP contribution is -1.84. The first-order valence-electron chi connectivity index (χ1n) is 7.89. The molecule has 0 bridgehead atoms. The van der Waals surface area contributed by atoms with E-state index in [0.717, 1.165) is 26.7 Å². The van der Waals surface area contributed by atoms with Crippen LogP contribution >= 0.6 is 23.1 Å². The van der Waals surface area contributed by atoms with Crippen LogP contribution < -0.4 is 0 Å². The smallest absolute Gasteiger partial charge is 0.277 e. The molecule has 0 aliphatic heterocycles. The molecule has 0 saturated carbocycles. The van der Waals surface area contributed by atoms with E-state index in [9.17, 15) is 0 Å². The van der Waals surface area contributed by atoms with E-state index in [1.54, 1.807) is 11.3 Å². The first-order chi connectivity index (χ1) is 12.6. The molecule has 3 aromatic heterocycles. The van der Waals surface area contributed by atoms with Crippen molar-refractivity contribution in [2.24, 2.45) is 0 Å². The van der Waals surface area contributed by atoms with Gasteiger partial charge in [0, 0.05) is 5.56 Å². The molecule has 0 N–H and O–H groups in total. The topological polar surface area (TPSA) is 90.7 Å². The van der Waals surface area contributed by atoms with Crippen LogP contribution in [0, 0.1) is 20.8 Å². The highest BCUT2D eigenvalue weighted by Crippen LogP contribution is 2.31. The van der Waals surface area contributed by atoms with Crippen molar-refractivity contribution in [3.05, 3.63) is 46.4 Å². The largest absolute Gasteiger partial charge is 0.410 e. The number of hydrogen-bond donors (Lipinski definition) is 0. The molecule has 0 saturated heterocycles. The molecular formula is C17H15N5O2S2. The molecule has 9 heteroatoms. The van der Waals surface area contributed by atoms with E-state index in [0.29, 0.717) is 28.6 Å². The molecule has 4 rings (SSSR count). The summed E-state index contributed by atoms with van der Waals surface area (Å²) >= 11 is 2.91. The average Bonchev–Trinajstić information content (AvgIpc) is 3.33. The van der Waals surface area contributed by atoms with E-state index >= 15 is 0 Å². The van der Waals surface area contributed by atoms with Crippen molar-refractivity contribution in [3.8, 4) is 22.2 Å². The van der Waals surface area contributed by atoms with Crippen LogP contribution in [0.1, 0.15) is 22.1 Å². The quantitative estimate of drug-likeness (QED) is 0.465. The van der Waals surface area contributed by atoms with Crippen LogP contribution in [0.3, 0.4) is 0 Å². The number of thiazole rings is 1. The molecule has 0 unspecified atom stereocenters. The molecule has 0 atom stereocenters. The van der Waals surface area contributed by atoms with Crippen molar-refractivity contribution in [1.82, 2.24) is 25.3 Å². The van der Waals surface area contributed by atoms with Crippen molar-refractivity contribution in [3.63, 3.8) is 0 Å². The predicted molar refractivity (Wildman–Crippen MR) is 98.9 cm³/mol. The highest BCUT2D eigenvalue weighted by atomic mass is 32.2. The number of benzene rings is 1. The molecule has 0 spiro atoms. The van der Waals surface area contributed by atoms with Gasteiger partial charge in [0.1, 0.15) is 4.88 Å². The fraction of sp³-hybridized carbons (Fsp3) is 0.235. The van der Waals surface area contributed by atoms with Crippen molar-refractivity contribution in [1.29, 1.82) is 0 Å². The zero-order chi connectivity index (χ0) is 18.1. The lowest BCUT2D eigenvalue weighted by Gasteiger charge is -1.95. The Morgan fingerprint density at radius 1 is 1.08 bits per heavy atom. The zero-order valence-electron chi connectivity index (χ0n) is 14.4. The highest BCUT2D eigenvalue weighted by molar-refractivity contribution is 7.98. The molecule has 0 aliphatic carbocycles. The molecule has 0 radical (unpaired) electrons. The third-order valence-electron chi connectivity index (χ3n) is 3.56. The van der Waals surface area contributed by atoms with Gasteiger partial charge >= 0.3 is 0 Å². The standard InChI is InChI=1S/C17H15N5O2S2/c1-9-5-4-6-12(7-9)15-19-13(22-24-15)8-25-17-21-20-16(23-17)14-10(2)18-11(3)26-14/h4-7H,8H2,1-3H3. The van der Waals surface area contributed by atoms with Gasteiger partial charge in [-0.3, -0.25) is 0 Å². The Morgan fingerprint density at radius 3 is 2.73 bits per heavy atom. The number of hydrogen-bond acceptors (Lipinski definition) is 9. The molecule has 1 aromatic carbocycles. The second kappa shape index (κ2) is 7.00. The summed E-state index contributed by atoms with van der Waals surface area (Å²) in [6.07, 6.45) is 0. The Hall–Kier alpha value is -2.52. The number of nitrogens with zero attached hydrogens (tertiary/aromatic N) is 5. The summed E-state index contributed by atoms with van der Waals surface area (Å²) in [5.41, 5.74) is 2.95. The maximum absolute atomic E-state index is 5.72. The molecular weight excluding hydrogens is 370 g/mol. The predicted octanol–water partition coefficient (Wildman–Crippen LogP) is 4.46. The van der Waals surface area contributed by atoms with Crippen LogP contribution in [0.25, 0.3) is 22.2 Å². The summed E-state index contributed by atoms with van der Waals surface area (Å²) in [5.74, 6) is 2.06. The summed E-state index contributed by atoms with van der Waals surface area (Å²) in [6, 6.07) is 7.94. The molecule has 4 aromatic rings. The number of thioether (sulfide) groups is 1. The summed E-state index contributed by atoms with van der Waals surface area (Å²) in [5, 5.41) is 13.6. The minimum absolute atomic E-state index is 0.465. The van der Waals surface area contributed by atoms with Crippen molar-refractivity contribution < 1.29 is 8.94 Å². The Bertz CT molecular complexity index is 1050. The molecule has 0 amide bonds. The second-order valence-electron chi connectivity index (χ2n) is 5.69. The maximum atomic E-state index is 5.72. The van der Waals surface area contributed by atoms with E-state index in [2.05, 4.69) is 25.3 Å². The average molecular weight is 385 g/mol. The van der Waals surface area contributed by atoms with Crippen molar-refractivity contribution >= 4 is 23.1 Å². The number of aromatic nitrogens is 5. The minimum Gasteiger partial charge on any atom is -0.410 e. The first-order valence-corrected chi connectivity index (χ1v) is 9.69. The maximum Gasteiger partial charge on any atom is 0.277 e. The van der Waals surface area contributed by atoms with E-state index in [4.69, 9.17) is 8.94 Å². The van der Waals surface area contributed by atoms with Crippen LogP contribution in [-0.2, 0) is 5.75 Å². The van der Waals surface area contributed by atoms with Gasteiger partial charge < -0.3 is 8.94 Å². The van der Waals surface area contributed by atoms with Gasteiger partial charge in [0.15, 0.2) is 5.82 Å². The zero-order valence-corrected chi connectivity index (χ0v) is 16.0. The lowest BCUT2D eigenvalue weighted by molar-refractivity contribution is 0.425. The Labute approximate surface area is 157 Å². The summed E-state index contributed by atoms with van der Waals surface area (Å²) in [7, 11) is 0. The van der Waals surface area contributed by atoms with Crippen LogP contribution in [0.4, 0.5) is 0 Å². The Morgan fingerprint density at radius 2 is 1.96 bits per heavy atom. The molecule has 0 aliphatic rings. The van der Waals surface area contributed by atoms with E-state index < -0.39 is 0 Å². The van der Waals surface area contributed by atoms with E-state index in [-0.39, 0.29) is 0 Å². The third-order valence-corrected chi connectivity index (χ3v) is 5.44. The van der Waals surface area contributed by atoms with Crippen molar-refractivity contribution in [2.45, 2.75) is 31.7 Å². The second-order valence-corrected chi connectivity index (χ2v) is 7.82. The van der Waals surface area contributed by atoms with E-state index in [1.807, 2.05) is 45.0 Å².